The Hall–Kier alpha value is -0.310. The van der Waals surface area contributed by atoms with Crippen LogP contribution in [0.2, 0.25) is 0 Å². The second-order valence-corrected chi connectivity index (χ2v) is 4.67. The van der Waals surface area contributed by atoms with Crippen LogP contribution >= 0.6 is 15.9 Å². The summed E-state index contributed by atoms with van der Waals surface area (Å²) in [4.78, 5) is 0.677. The Balaban J connectivity index is 2.20. The molecule has 0 fully saturated rings. The highest BCUT2D eigenvalue weighted by molar-refractivity contribution is 9.09. The van der Waals surface area contributed by atoms with Gasteiger partial charge in [0.2, 0.25) is 0 Å². The lowest BCUT2D eigenvalue weighted by molar-refractivity contribution is 0.667. The zero-order valence-corrected chi connectivity index (χ0v) is 9.92. The Morgan fingerprint density at radius 3 is 2.92 bits per heavy atom. The number of aryl methyl sites for hydroxylation is 2. The highest BCUT2D eigenvalue weighted by Crippen LogP contribution is 2.13. The van der Waals surface area contributed by atoms with E-state index in [1.54, 1.807) is 0 Å². The minimum atomic E-state index is 0.677. The molecule has 3 heteroatoms. The van der Waals surface area contributed by atoms with E-state index in [1.807, 2.05) is 17.9 Å². The Morgan fingerprint density at radius 1 is 1.62 bits per heavy atom. The number of aromatic nitrogens is 2. The van der Waals surface area contributed by atoms with Crippen molar-refractivity contribution in [1.29, 1.82) is 0 Å². The molecule has 0 saturated heterocycles. The largest absolute Gasteiger partial charge is 0.276 e. The van der Waals surface area contributed by atoms with Gasteiger partial charge in [0.25, 0.3) is 0 Å². The summed E-state index contributed by atoms with van der Waals surface area (Å²) < 4.78 is 1.86. The second-order valence-electron chi connectivity index (χ2n) is 3.38. The third kappa shape index (κ3) is 3.94. The molecule has 0 aromatic carbocycles. The van der Waals surface area contributed by atoms with E-state index >= 15 is 0 Å². The Kier molecular flexibility index (Phi) is 4.50. The first-order valence-electron chi connectivity index (χ1n) is 4.85. The van der Waals surface area contributed by atoms with Crippen molar-refractivity contribution in [2.45, 2.75) is 37.4 Å². The Bertz CT molecular complexity index is 245. The van der Waals surface area contributed by atoms with Gasteiger partial charge in [0.15, 0.2) is 0 Å². The van der Waals surface area contributed by atoms with Crippen molar-refractivity contribution in [3.63, 3.8) is 0 Å². The summed E-state index contributed by atoms with van der Waals surface area (Å²) >= 11 is 3.63. The first kappa shape index (κ1) is 10.8. The number of rotatable bonds is 5. The topological polar surface area (TPSA) is 17.8 Å². The van der Waals surface area contributed by atoms with Gasteiger partial charge < -0.3 is 0 Å². The lowest BCUT2D eigenvalue weighted by Gasteiger charge is -2.04. The molecule has 1 rings (SSSR count). The standard InChI is InChI=1S/C10H17BrN2/c1-3-9(11)5-4-6-10-7-8-13(2)12-10/h7-9H,3-6H2,1-2H3. The first-order chi connectivity index (χ1) is 6.22. The molecular weight excluding hydrogens is 228 g/mol. The van der Waals surface area contributed by atoms with Gasteiger partial charge in [0.05, 0.1) is 5.69 Å². The van der Waals surface area contributed by atoms with Crippen molar-refractivity contribution in [1.82, 2.24) is 9.78 Å². The van der Waals surface area contributed by atoms with E-state index in [-0.39, 0.29) is 0 Å². The fraction of sp³-hybridized carbons (Fsp3) is 0.700. The van der Waals surface area contributed by atoms with E-state index in [0.29, 0.717) is 4.83 Å². The SMILES string of the molecule is CCC(Br)CCCc1ccn(C)n1. The van der Waals surface area contributed by atoms with Crippen molar-refractivity contribution in [2.24, 2.45) is 7.05 Å². The summed E-state index contributed by atoms with van der Waals surface area (Å²) in [6.45, 7) is 2.21. The molecule has 13 heavy (non-hydrogen) atoms. The van der Waals surface area contributed by atoms with Crippen molar-refractivity contribution < 1.29 is 0 Å². The highest BCUT2D eigenvalue weighted by atomic mass is 79.9. The zero-order chi connectivity index (χ0) is 9.68. The molecular formula is C10H17BrN2. The van der Waals surface area contributed by atoms with Crippen LogP contribution in [-0.2, 0) is 13.5 Å². The third-order valence-corrected chi connectivity index (χ3v) is 3.27. The van der Waals surface area contributed by atoms with E-state index in [2.05, 4.69) is 34.0 Å². The monoisotopic (exact) mass is 244 g/mol. The molecule has 74 valence electrons. The summed E-state index contributed by atoms with van der Waals surface area (Å²) in [5, 5.41) is 4.33. The summed E-state index contributed by atoms with van der Waals surface area (Å²) in [6.07, 6.45) is 6.78. The van der Waals surface area contributed by atoms with Crippen LogP contribution in [-0.4, -0.2) is 14.6 Å². The van der Waals surface area contributed by atoms with Crippen molar-refractivity contribution in [2.75, 3.05) is 0 Å². The average Bonchev–Trinajstić information content (AvgIpc) is 2.51. The fourth-order valence-corrected chi connectivity index (χ4v) is 1.63. The molecule has 0 amide bonds. The van der Waals surface area contributed by atoms with E-state index in [0.717, 1.165) is 6.42 Å². The van der Waals surface area contributed by atoms with Crippen molar-refractivity contribution in [3.8, 4) is 0 Å². The number of nitrogens with zero attached hydrogens (tertiary/aromatic N) is 2. The van der Waals surface area contributed by atoms with Crippen LogP contribution in [0.15, 0.2) is 12.3 Å². The van der Waals surface area contributed by atoms with Gasteiger partial charge in [-0.15, -0.1) is 0 Å². The number of alkyl halides is 1. The molecule has 0 aliphatic rings. The quantitative estimate of drug-likeness (QED) is 0.729. The Morgan fingerprint density at radius 2 is 2.38 bits per heavy atom. The second kappa shape index (κ2) is 5.43. The molecule has 2 nitrogen and oxygen atoms in total. The molecule has 0 radical (unpaired) electrons. The van der Waals surface area contributed by atoms with Gasteiger partial charge in [-0.1, -0.05) is 22.9 Å². The number of halogens is 1. The molecule has 0 N–H and O–H groups in total. The molecule has 0 aliphatic heterocycles. The van der Waals surface area contributed by atoms with Gasteiger partial charge in [0.1, 0.15) is 0 Å². The molecule has 1 aromatic heterocycles. The van der Waals surface area contributed by atoms with Gasteiger partial charge in [-0.25, -0.2) is 0 Å². The van der Waals surface area contributed by atoms with Crippen LogP contribution in [0.5, 0.6) is 0 Å². The van der Waals surface area contributed by atoms with Gasteiger partial charge in [-0.05, 0) is 31.7 Å². The van der Waals surface area contributed by atoms with Crippen LogP contribution in [0.1, 0.15) is 31.9 Å². The molecule has 1 heterocycles. The van der Waals surface area contributed by atoms with Crippen LogP contribution in [0, 0.1) is 0 Å². The van der Waals surface area contributed by atoms with Gasteiger partial charge in [-0.2, -0.15) is 5.10 Å². The van der Waals surface area contributed by atoms with Crippen LogP contribution in [0.4, 0.5) is 0 Å². The van der Waals surface area contributed by atoms with Crippen LogP contribution in [0.3, 0.4) is 0 Å². The van der Waals surface area contributed by atoms with Gasteiger partial charge >= 0.3 is 0 Å². The van der Waals surface area contributed by atoms with Crippen molar-refractivity contribution >= 4 is 15.9 Å². The minimum absolute atomic E-state index is 0.677. The first-order valence-corrected chi connectivity index (χ1v) is 5.76. The van der Waals surface area contributed by atoms with E-state index in [1.165, 1.54) is 25.0 Å². The molecule has 0 aliphatic carbocycles. The van der Waals surface area contributed by atoms with Crippen LogP contribution < -0.4 is 0 Å². The molecule has 0 bridgehead atoms. The van der Waals surface area contributed by atoms with E-state index < -0.39 is 0 Å². The van der Waals surface area contributed by atoms with Crippen LogP contribution in [0.25, 0.3) is 0 Å². The normalized spacial score (nSPS) is 13.2. The predicted octanol–water partition coefficient (Wildman–Crippen LogP) is 2.92. The summed E-state index contributed by atoms with van der Waals surface area (Å²) in [5.74, 6) is 0. The maximum atomic E-state index is 4.33. The number of hydrogen-bond acceptors (Lipinski definition) is 1. The smallest absolute Gasteiger partial charge is 0.0624 e. The lowest BCUT2D eigenvalue weighted by Crippen LogP contribution is -1.97. The number of hydrogen-bond donors (Lipinski definition) is 0. The molecule has 0 spiro atoms. The fourth-order valence-electron chi connectivity index (χ4n) is 1.31. The summed E-state index contributed by atoms with van der Waals surface area (Å²) in [6, 6.07) is 2.09. The predicted molar refractivity (Wildman–Crippen MR) is 59.2 cm³/mol. The minimum Gasteiger partial charge on any atom is -0.276 e. The highest BCUT2D eigenvalue weighted by Gasteiger charge is 2.01. The molecule has 1 unspecified atom stereocenters. The summed E-state index contributed by atoms with van der Waals surface area (Å²) in [7, 11) is 1.96. The average molecular weight is 245 g/mol. The van der Waals surface area contributed by atoms with E-state index in [9.17, 15) is 0 Å². The summed E-state index contributed by atoms with van der Waals surface area (Å²) in [5.41, 5.74) is 1.21. The third-order valence-electron chi connectivity index (χ3n) is 2.16. The van der Waals surface area contributed by atoms with Gasteiger partial charge in [-0.3, -0.25) is 4.68 Å². The lowest BCUT2D eigenvalue weighted by atomic mass is 10.1. The zero-order valence-electron chi connectivity index (χ0n) is 8.33. The maximum Gasteiger partial charge on any atom is 0.0624 e. The van der Waals surface area contributed by atoms with E-state index in [4.69, 9.17) is 0 Å². The maximum absolute atomic E-state index is 4.33. The van der Waals surface area contributed by atoms with Crippen molar-refractivity contribution in [3.05, 3.63) is 18.0 Å². The van der Waals surface area contributed by atoms with Gasteiger partial charge in [0, 0.05) is 18.1 Å². The Labute approximate surface area is 88.5 Å². The molecule has 0 saturated carbocycles. The molecule has 1 atom stereocenters. The molecule has 1 aromatic rings.